The van der Waals surface area contributed by atoms with Crippen LogP contribution in [0.5, 0.6) is 0 Å². The van der Waals surface area contributed by atoms with Gasteiger partial charge in [0.1, 0.15) is 0 Å². The molecule has 1 aliphatic heterocycles. The summed E-state index contributed by atoms with van der Waals surface area (Å²) in [6.07, 6.45) is 0. The van der Waals surface area contributed by atoms with Gasteiger partial charge in [0.15, 0.2) is 0 Å². The van der Waals surface area contributed by atoms with Gasteiger partial charge in [-0.3, -0.25) is 0 Å². The molecule has 0 aromatic heterocycles. The summed E-state index contributed by atoms with van der Waals surface area (Å²) in [5.41, 5.74) is 5.87. The van der Waals surface area contributed by atoms with Crippen LogP contribution < -0.4 is 5.73 Å². The Balaban J connectivity index is 2.22. The summed E-state index contributed by atoms with van der Waals surface area (Å²) in [6.45, 7) is 0.669. The molecule has 2 N–H and O–H groups in total. The number of carbonyl (C=O) groups excluding carboxylic acids is 1. The highest BCUT2D eigenvalue weighted by Crippen LogP contribution is 2.21. The Morgan fingerprint density at radius 3 is 2.33 bits per heavy atom. The normalized spacial score (nSPS) is 17.2. The SMILES string of the molecule is COC(=O)c1ccc(S(=O)(=O)N2CC(N)C2)cc1. The summed E-state index contributed by atoms with van der Waals surface area (Å²) in [6, 6.07) is 5.56. The first-order chi connectivity index (χ1) is 8.45. The third-order valence-electron chi connectivity index (χ3n) is 2.79. The number of nitrogens with two attached hydrogens (primary N) is 1. The number of esters is 1. The van der Waals surface area contributed by atoms with Crippen molar-refractivity contribution in [2.75, 3.05) is 20.2 Å². The predicted molar refractivity (Wildman–Crippen MR) is 64.5 cm³/mol. The first-order valence-corrected chi connectivity index (χ1v) is 6.83. The van der Waals surface area contributed by atoms with Gasteiger partial charge in [-0.2, -0.15) is 4.31 Å². The van der Waals surface area contributed by atoms with E-state index in [9.17, 15) is 13.2 Å². The number of carbonyl (C=O) groups is 1. The van der Waals surface area contributed by atoms with Gasteiger partial charge in [-0.05, 0) is 24.3 Å². The van der Waals surface area contributed by atoms with Crippen molar-refractivity contribution in [1.82, 2.24) is 4.31 Å². The van der Waals surface area contributed by atoms with Crippen LogP contribution in [0, 0.1) is 0 Å². The van der Waals surface area contributed by atoms with E-state index < -0.39 is 16.0 Å². The minimum atomic E-state index is -3.48. The Labute approximate surface area is 105 Å². The van der Waals surface area contributed by atoms with E-state index in [0.717, 1.165) is 0 Å². The number of methoxy groups -OCH3 is 1. The van der Waals surface area contributed by atoms with Crippen LogP contribution in [-0.2, 0) is 14.8 Å². The van der Waals surface area contributed by atoms with Gasteiger partial charge in [0.2, 0.25) is 10.0 Å². The van der Waals surface area contributed by atoms with Gasteiger partial charge in [-0.25, -0.2) is 13.2 Å². The van der Waals surface area contributed by atoms with Crippen LogP contribution in [0.4, 0.5) is 0 Å². The van der Waals surface area contributed by atoms with E-state index in [1.54, 1.807) is 0 Å². The number of ether oxygens (including phenoxy) is 1. The smallest absolute Gasteiger partial charge is 0.337 e. The summed E-state index contributed by atoms with van der Waals surface area (Å²) in [5.74, 6) is -0.495. The summed E-state index contributed by atoms with van der Waals surface area (Å²) in [4.78, 5) is 11.4. The molecule has 0 spiro atoms. The quantitative estimate of drug-likeness (QED) is 0.769. The van der Waals surface area contributed by atoms with E-state index in [1.807, 2.05) is 0 Å². The molecule has 1 aromatic rings. The Morgan fingerprint density at radius 1 is 1.33 bits per heavy atom. The second-order valence-electron chi connectivity index (χ2n) is 4.10. The topological polar surface area (TPSA) is 89.7 Å². The average Bonchev–Trinajstić information content (AvgIpc) is 2.34. The van der Waals surface area contributed by atoms with E-state index in [4.69, 9.17) is 5.73 Å². The lowest BCUT2D eigenvalue weighted by atomic mass is 10.2. The average molecular weight is 270 g/mol. The summed E-state index contributed by atoms with van der Waals surface area (Å²) in [7, 11) is -2.21. The van der Waals surface area contributed by atoms with Crippen LogP contribution in [0.2, 0.25) is 0 Å². The van der Waals surface area contributed by atoms with Gasteiger partial charge >= 0.3 is 5.97 Å². The highest BCUT2D eigenvalue weighted by molar-refractivity contribution is 7.89. The number of rotatable bonds is 3. The van der Waals surface area contributed by atoms with Crippen molar-refractivity contribution in [3.8, 4) is 0 Å². The Morgan fingerprint density at radius 2 is 1.89 bits per heavy atom. The van der Waals surface area contributed by atoms with Crippen LogP contribution in [0.3, 0.4) is 0 Å². The lowest BCUT2D eigenvalue weighted by Crippen LogP contribution is -2.57. The molecule has 0 atom stereocenters. The molecule has 6 nitrogen and oxygen atoms in total. The predicted octanol–water partition coefficient (Wildman–Crippen LogP) is -0.195. The van der Waals surface area contributed by atoms with Crippen LogP contribution in [0.1, 0.15) is 10.4 Å². The van der Waals surface area contributed by atoms with Gasteiger partial charge in [0.25, 0.3) is 0 Å². The lowest BCUT2D eigenvalue weighted by molar-refractivity contribution is 0.0600. The Bertz CT molecular complexity index is 547. The van der Waals surface area contributed by atoms with Crippen molar-refractivity contribution in [3.63, 3.8) is 0 Å². The molecule has 18 heavy (non-hydrogen) atoms. The van der Waals surface area contributed by atoms with Crippen LogP contribution >= 0.6 is 0 Å². The van der Waals surface area contributed by atoms with Crippen LogP contribution in [-0.4, -0.2) is 44.9 Å². The molecule has 1 heterocycles. The second-order valence-corrected chi connectivity index (χ2v) is 6.04. The third kappa shape index (κ3) is 2.24. The third-order valence-corrected chi connectivity index (χ3v) is 4.64. The molecule has 0 radical (unpaired) electrons. The molecule has 2 rings (SSSR count). The van der Waals surface area contributed by atoms with E-state index in [0.29, 0.717) is 18.7 Å². The van der Waals surface area contributed by atoms with Crippen molar-refractivity contribution >= 4 is 16.0 Å². The maximum atomic E-state index is 12.1. The van der Waals surface area contributed by atoms with Crippen molar-refractivity contribution in [2.45, 2.75) is 10.9 Å². The number of hydrogen-bond donors (Lipinski definition) is 1. The van der Waals surface area contributed by atoms with E-state index in [2.05, 4.69) is 4.74 Å². The molecule has 7 heteroatoms. The second kappa shape index (κ2) is 4.68. The Hall–Kier alpha value is -1.44. The van der Waals surface area contributed by atoms with Gasteiger partial charge in [-0.15, -0.1) is 0 Å². The molecule has 1 aromatic carbocycles. The lowest BCUT2D eigenvalue weighted by Gasteiger charge is -2.35. The molecule has 98 valence electrons. The summed E-state index contributed by atoms with van der Waals surface area (Å²) < 4.78 is 30.0. The first kappa shape index (κ1) is 13.0. The van der Waals surface area contributed by atoms with E-state index >= 15 is 0 Å². The molecule has 0 saturated carbocycles. The zero-order chi connectivity index (χ0) is 13.3. The summed E-state index contributed by atoms with van der Waals surface area (Å²) >= 11 is 0. The monoisotopic (exact) mass is 270 g/mol. The van der Waals surface area contributed by atoms with Gasteiger partial charge in [0.05, 0.1) is 17.6 Å². The molecule has 0 unspecified atom stereocenters. The molecule has 0 bridgehead atoms. The van der Waals surface area contributed by atoms with Crippen LogP contribution in [0.25, 0.3) is 0 Å². The standard InChI is InChI=1S/C11H14N2O4S/c1-17-11(14)8-2-4-10(5-3-8)18(15,16)13-6-9(12)7-13/h2-5,9H,6-7,12H2,1H3. The number of hydrogen-bond acceptors (Lipinski definition) is 5. The molecule has 1 aliphatic rings. The van der Waals surface area contributed by atoms with E-state index in [-0.39, 0.29) is 10.9 Å². The molecular weight excluding hydrogens is 256 g/mol. The molecule has 1 fully saturated rings. The molecule has 0 amide bonds. The van der Waals surface area contributed by atoms with Gasteiger partial charge in [0, 0.05) is 19.1 Å². The van der Waals surface area contributed by atoms with Gasteiger partial charge < -0.3 is 10.5 Å². The maximum absolute atomic E-state index is 12.1. The molecule has 0 aliphatic carbocycles. The van der Waals surface area contributed by atoms with Crippen molar-refractivity contribution in [3.05, 3.63) is 29.8 Å². The van der Waals surface area contributed by atoms with Crippen molar-refractivity contribution in [2.24, 2.45) is 5.73 Å². The highest BCUT2D eigenvalue weighted by atomic mass is 32.2. The molecule has 1 saturated heterocycles. The maximum Gasteiger partial charge on any atom is 0.337 e. The van der Waals surface area contributed by atoms with Crippen LogP contribution in [0.15, 0.2) is 29.2 Å². The largest absolute Gasteiger partial charge is 0.465 e. The van der Waals surface area contributed by atoms with Crippen molar-refractivity contribution < 1.29 is 17.9 Å². The number of sulfonamides is 1. The fourth-order valence-electron chi connectivity index (χ4n) is 1.70. The Kier molecular flexibility index (Phi) is 3.38. The van der Waals surface area contributed by atoms with E-state index in [1.165, 1.54) is 35.7 Å². The number of nitrogens with zero attached hydrogens (tertiary/aromatic N) is 1. The minimum Gasteiger partial charge on any atom is -0.465 e. The molecular formula is C11H14N2O4S. The first-order valence-electron chi connectivity index (χ1n) is 5.39. The zero-order valence-electron chi connectivity index (χ0n) is 9.87. The number of benzene rings is 1. The highest BCUT2D eigenvalue weighted by Gasteiger charge is 2.34. The van der Waals surface area contributed by atoms with Gasteiger partial charge in [-0.1, -0.05) is 0 Å². The zero-order valence-corrected chi connectivity index (χ0v) is 10.7. The van der Waals surface area contributed by atoms with Crippen molar-refractivity contribution in [1.29, 1.82) is 0 Å². The minimum absolute atomic E-state index is 0.0888. The fourth-order valence-corrected chi connectivity index (χ4v) is 3.25. The summed E-state index contributed by atoms with van der Waals surface area (Å²) in [5, 5.41) is 0. The fraction of sp³-hybridized carbons (Fsp3) is 0.364.